The molecule has 1 amide bonds. The summed E-state index contributed by atoms with van der Waals surface area (Å²) >= 11 is 0. The Bertz CT molecular complexity index is 251. The standard InChI is InChI=1S/C13H26N2O3/c1-10(2)9-18-13(17)15-7-4-11(5-8-15)12(16)3-6-14/h10-12,16H,3-9,14H2,1-2H3. The number of likely N-dealkylation sites (tertiary alicyclic amines) is 1. The molecule has 3 N–H and O–H groups in total. The van der Waals surface area contributed by atoms with Gasteiger partial charge in [0.15, 0.2) is 0 Å². The first-order valence-corrected chi connectivity index (χ1v) is 6.84. The van der Waals surface area contributed by atoms with Crippen molar-refractivity contribution < 1.29 is 14.6 Å². The lowest BCUT2D eigenvalue weighted by Crippen LogP contribution is -2.42. The van der Waals surface area contributed by atoms with Crippen LogP contribution in [0.4, 0.5) is 4.79 Å². The van der Waals surface area contributed by atoms with E-state index in [0.717, 1.165) is 12.8 Å². The van der Waals surface area contributed by atoms with Crippen LogP contribution in [0.5, 0.6) is 0 Å². The van der Waals surface area contributed by atoms with Gasteiger partial charge in [0.05, 0.1) is 12.7 Å². The summed E-state index contributed by atoms with van der Waals surface area (Å²) in [4.78, 5) is 13.5. The SMILES string of the molecule is CC(C)COC(=O)N1CCC(C(O)CCN)CC1. The highest BCUT2D eigenvalue weighted by molar-refractivity contribution is 5.67. The van der Waals surface area contributed by atoms with Crippen LogP contribution in [0.15, 0.2) is 0 Å². The molecule has 1 aliphatic rings. The molecule has 0 spiro atoms. The second-order valence-corrected chi connectivity index (χ2v) is 5.44. The van der Waals surface area contributed by atoms with Gasteiger partial charge >= 0.3 is 6.09 Å². The molecule has 0 aromatic heterocycles. The van der Waals surface area contributed by atoms with E-state index in [4.69, 9.17) is 10.5 Å². The molecule has 1 fully saturated rings. The predicted octanol–water partition coefficient (Wildman–Crippen LogP) is 1.20. The maximum atomic E-state index is 11.7. The van der Waals surface area contributed by atoms with E-state index in [0.29, 0.717) is 38.6 Å². The van der Waals surface area contributed by atoms with Crippen LogP contribution >= 0.6 is 0 Å². The molecule has 0 bridgehead atoms. The number of nitrogens with zero attached hydrogens (tertiary/aromatic N) is 1. The van der Waals surface area contributed by atoms with E-state index in [1.807, 2.05) is 13.8 Å². The van der Waals surface area contributed by atoms with Gasteiger partial charge in [-0.3, -0.25) is 0 Å². The third-order valence-electron chi connectivity index (χ3n) is 3.34. The van der Waals surface area contributed by atoms with Crippen LogP contribution < -0.4 is 5.73 Å². The fourth-order valence-electron chi connectivity index (χ4n) is 2.20. The molecule has 0 aliphatic carbocycles. The van der Waals surface area contributed by atoms with Gasteiger partial charge in [0.1, 0.15) is 0 Å². The highest BCUT2D eigenvalue weighted by Crippen LogP contribution is 2.22. The minimum absolute atomic E-state index is 0.226. The molecule has 18 heavy (non-hydrogen) atoms. The Morgan fingerprint density at radius 3 is 2.56 bits per heavy atom. The summed E-state index contributed by atoms with van der Waals surface area (Å²) in [6, 6.07) is 0. The first kappa shape index (κ1) is 15.2. The van der Waals surface area contributed by atoms with Gasteiger partial charge in [-0.15, -0.1) is 0 Å². The number of nitrogens with two attached hydrogens (primary N) is 1. The van der Waals surface area contributed by atoms with Gasteiger partial charge in [-0.05, 0) is 37.6 Å². The van der Waals surface area contributed by atoms with Crippen LogP contribution in [0.3, 0.4) is 0 Å². The average molecular weight is 258 g/mol. The average Bonchev–Trinajstić information content (AvgIpc) is 2.36. The number of ether oxygens (including phenoxy) is 1. The van der Waals surface area contributed by atoms with Gasteiger partial charge in [0.25, 0.3) is 0 Å². The molecular weight excluding hydrogens is 232 g/mol. The third-order valence-corrected chi connectivity index (χ3v) is 3.34. The number of aliphatic hydroxyl groups is 1. The molecule has 5 heteroatoms. The molecule has 1 unspecified atom stereocenters. The largest absolute Gasteiger partial charge is 0.449 e. The summed E-state index contributed by atoms with van der Waals surface area (Å²) in [6.45, 7) is 6.35. The monoisotopic (exact) mass is 258 g/mol. The Kier molecular flexibility index (Phi) is 6.43. The predicted molar refractivity (Wildman–Crippen MR) is 70.2 cm³/mol. The highest BCUT2D eigenvalue weighted by atomic mass is 16.6. The molecule has 1 aliphatic heterocycles. The summed E-state index contributed by atoms with van der Waals surface area (Å²) in [5, 5.41) is 9.86. The maximum absolute atomic E-state index is 11.7. The summed E-state index contributed by atoms with van der Waals surface area (Å²) in [5.74, 6) is 0.626. The molecule has 1 rings (SSSR count). The van der Waals surface area contributed by atoms with Crippen molar-refractivity contribution in [3.63, 3.8) is 0 Å². The zero-order valence-electron chi connectivity index (χ0n) is 11.5. The summed E-state index contributed by atoms with van der Waals surface area (Å²) < 4.78 is 5.19. The quantitative estimate of drug-likeness (QED) is 0.777. The topological polar surface area (TPSA) is 75.8 Å². The van der Waals surface area contributed by atoms with E-state index in [1.54, 1.807) is 4.90 Å². The van der Waals surface area contributed by atoms with E-state index in [-0.39, 0.29) is 18.1 Å². The lowest BCUT2D eigenvalue weighted by atomic mass is 9.90. The summed E-state index contributed by atoms with van der Waals surface area (Å²) in [5.41, 5.74) is 5.43. The first-order valence-electron chi connectivity index (χ1n) is 6.84. The molecule has 0 aromatic carbocycles. The number of piperidine rings is 1. The van der Waals surface area contributed by atoms with Gasteiger partial charge in [-0.1, -0.05) is 13.8 Å². The van der Waals surface area contributed by atoms with Gasteiger partial charge in [-0.25, -0.2) is 4.79 Å². The number of rotatable bonds is 5. The zero-order chi connectivity index (χ0) is 13.5. The second-order valence-electron chi connectivity index (χ2n) is 5.44. The van der Waals surface area contributed by atoms with Gasteiger partial charge in [0, 0.05) is 13.1 Å². The van der Waals surface area contributed by atoms with E-state index in [9.17, 15) is 9.90 Å². The van der Waals surface area contributed by atoms with E-state index in [1.165, 1.54) is 0 Å². The van der Waals surface area contributed by atoms with Crippen LogP contribution in [-0.2, 0) is 4.74 Å². The third kappa shape index (κ3) is 4.82. The van der Waals surface area contributed by atoms with E-state index < -0.39 is 0 Å². The van der Waals surface area contributed by atoms with Gasteiger partial charge < -0.3 is 20.5 Å². The fourth-order valence-corrected chi connectivity index (χ4v) is 2.20. The van der Waals surface area contributed by atoms with Crippen LogP contribution in [0.25, 0.3) is 0 Å². The number of hydrogen-bond acceptors (Lipinski definition) is 4. The van der Waals surface area contributed by atoms with Crippen molar-refractivity contribution in [3.8, 4) is 0 Å². The lowest BCUT2D eigenvalue weighted by molar-refractivity contribution is 0.0420. The summed E-state index contributed by atoms with van der Waals surface area (Å²) in [6.07, 6.45) is 1.75. The molecule has 0 saturated carbocycles. The number of amides is 1. The van der Waals surface area contributed by atoms with E-state index >= 15 is 0 Å². The van der Waals surface area contributed by atoms with Crippen molar-refractivity contribution in [2.75, 3.05) is 26.2 Å². The minimum atomic E-state index is -0.330. The lowest BCUT2D eigenvalue weighted by Gasteiger charge is -2.33. The normalized spacial score (nSPS) is 19.1. The summed E-state index contributed by atoms with van der Waals surface area (Å²) in [7, 11) is 0. The van der Waals surface area contributed by atoms with Crippen molar-refractivity contribution in [2.24, 2.45) is 17.6 Å². The number of aliphatic hydroxyl groups excluding tert-OH is 1. The van der Waals surface area contributed by atoms with Crippen molar-refractivity contribution in [2.45, 2.75) is 39.2 Å². The highest BCUT2D eigenvalue weighted by Gasteiger charge is 2.27. The molecule has 5 nitrogen and oxygen atoms in total. The molecule has 0 radical (unpaired) electrons. The Hall–Kier alpha value is -0.810. The molecule has 1 atom stereocenters. The van der Waals surface area contributed by atoms with Crippen LogP contribution in [0.2, 0.25) is 0 Å². The number of carbonyl (C=O) groups excluding carboxylic acids is 1. The van der Waals surface area contributed by atoms with Crippen LogP contribution in [-0.4, -0.2) is 48.4 Å². The Morgan fingerprint density at radius 1 is 1.44 bits per heavy atom. The van der Waals surface area contributed by atoms with Crippen LogP contribution in [0, 0.1) is 11.8 Å². The maximum Gasteiger partial charge on any atom is 0.409 e. The fraction of sp³-hybridized carbons (Fsp3) is 0.923. The number of hydrogen-bond donors (Lipinski definition) is 2. The molecule has 106 valence electrons. The van der Waals surface area contributed by atoms with E-state index in [2.05, 4.69) is 0 Å². The number of carbonyl (C=O) groups is 1. The molecule has 1 heterocycles. The second kappa shape index (κ2) is 7.59. The van der Waals surface area contributed by atoms with Crippen molar-refractivity contribution in [1.82, 2.24) is 4.90 Å². The Morgan fingerprint density at radius 2 is 2.06 bits per heavy atom. The molecule has 1 saturated heterocycles. The van der Waals surface area contributed by atoms with Crippen molar-refractivity contribution >= 4 is 6.09 Å². The molecule has 0 aromatic rings. The Labute approximate surface area is 109 Å². The van der Waals surface area contributed by atoms with Crippen LogP contribution in [0.1, 0.15) is 33.1 Å². The first-order chi connectivity index (χ1) is 8.54. The van der Waals surface area contributed by atoms with Gasteiger partial charge in [0.2, 0.25) is 0 Å². The smallest absolute Gasteiger partial charge is 0.409 e. The molecular formula is C13H26N2O3. The minimum Gasteiger partial charge on any atom is -0.449 e. The van der Waals surface area contributed by atoms with Gasteiger partial charge in [-0.2, -0.15) is 0 Å². The van der Waals surface area contributed by atoms with Crippen molar-refractivity contribution in [3.05, 3.63) is 0 Å². The Balaban J connectivity index is 2.28. The zero-order valence-corrected chi connectivity index (χ0v) is 11.5. The van der Waals surface area contributed by atoms with Crippen molar-refractivity contribution in [1.29, 1.82) is 0 Å².